The molecule has 2 nitrogen and oxygen atoms in total. The molecule has 0 fully saturated rings. The fourth-order valence-corrected chi connectivity index (χ4v) is 0.770. The number of benzene rings is 1. The summed E-state index contributed by atoms with van der Waals surface area (Å²) < 4.78 is 0. The minimum atomic E-state index is -0.786. The number of carboxylic acid groups (broad SMARTS) is 1. The van der Waals surface area contributed by atoms with Gasteiger partial charge in [0.1, 0.15) is 0 Å². The Morgan fingerprint density at radius 2 is 1.82 bits per heavy atom. The average molecular weight is 243 g/mol. The summed E-state index contributed by atoms with van der Waals surface area (Å²) in [6, 6.07) is 9.13. The fourth-order valence-electron chi connectivity index (χ4n) is 0.770. The van der Waals surface area contributed by atoms with Crippen LogP contribution in [-0.4, -0.2) is 11.1 Å². The van der Waals surface area contributed by atoms with Crippen LogP contribution in [0.3, 0.4) is 0 Å². The molecular weight excluding hydrogens is 235 g/mol. The van der Waals surface area contributed by atoms with Crippen LogP contribution >= 0.6 is 0 Å². The van der Waals surface area contributed by atoms with Crippen molar-refractivity contribution < 1.29 is 30.3 Å². The van der Waals surface area contributed by atoms with E-state index in [2.05, 4.69) is 0 Å². The van der Waals surface area contributed by atoms with E-state index in [1.807, 2.05) is 18.2 Å². The van der Waals surface area contributed by atoms with E-state index >= 15 is 0 Å². The van der Waals surface area contributed by atoms with Gasteiger partial charge in [0.2, 0.25) is 0 Å². The smallest absolute Gasteiger partial charge is 0.307 e. The monoisotopic (exact) mass is 242 g/mol. The summed E-state index contributed by atoms with van der Waals surface area (Å²) in [6.07, 6.45) is 0.112. The minimum Gasteiger partial charge on any atom is -0.481 e. The summed E-state index contributed by atoms with van der Waals surface area (Å²) in [7, 11) is 0. The van der Waals surface area contributed by atoms with Crippen LogP contribution in [0.15, 0.2) is 30.3 Å². The van der Waals surface area contributed by atoms with Crippen LogP contribution in [0, 0.1) is 0 Å². The molecule has 0 heterocycles. The van der Waals surface area contributed by atoms with Crippen molar-refractivity contribution >= 4 is 5.97 Å². The molecule has 0 atom stereocenters. The van der Waals surface area contributed by atoms with Crippen molar-refractivity contribution in [1.29, 1.82) is 0 Å². The van der Waals surface area contributed by atoms with Gasteiger partial charge in [-0.15, -0.1) is 0 Å². The number of carbonyl (C=O) groups is 1. The van der Waals surface area contributed by atoms with Crippen molar-refractivity contribution in [2.24, 2.45) is 0 Å². The molecule has 0 bridgehead atoms. The summed E-state index contributed by atoms with van der Waals surface area (Å²) >= 11 is 0. The predicted octanol–water partition coefficient (Wildman–Crippen LogP) is 1.31. The SMILES string of the molecule is O=C(O)Cc1ccccc1.[Pd]. The second-order valence-electron chi connectivity index (χ2n) is 2.06. The van der Waals surface area contributed by atoms with E-state index in [0.717, 1.165) is 5.56 Å². The van der Waals surface area contributed by atoms with Gasteiger partial charge in [0.25, 0.3) is 0 Å². The largest absolute Gasteiger partial charge is 0.481 e. The van der Waals surface area contributed by atoms with Gasteiger partial charge in [-0.25, -0.2) is 0 Å². The third-order valence-corrected chi connectivity index (χ3v) is 1.20. The van der Waals surface area contributed by atoms with Crippen molar-refractivity contribution in [3.63, 3.8) is 0 Å². The van der Waals surface area contributed by atoms with Crippen molar-refractivity contribution in [3.05, 3.63) is 35.9 Å². The maximum absolute atomic E-state index is 10.2. The Morgan fingerprint density at radius 1 is 1.27 bits per heavy atom. The normalized spacial score (nSPS) is 8.36. The molecule has 1 aromatic carbocycles. The van der Waals surface area contributed by atoms with Gasteiger partial charge in [-0.05, 0) is 5.56 Å². The molecule has 0 saturated heterocycles. The zero-order valence-electron chi connectivity index (χ0n) is 5.77. The van der Waals surface area contributed by atoms with Gasteiger partial charge >= 0.3 is 5.97 Å². The topological polar surface area (TPSA) is 37.3 Å². The van der Waals surface area contributed by atoms with Gasteiger partial charge in [0.05, 0.1) is 6.42 Å². The van der Waals surface area contributed by atoms with Crippen LogP contribution in [-0.2, 0) is 31.6 Å². The average Bonchev–Trinajstić information content (AvgIpc) is 1.88. The summed E-state index contributed by atoms with van der Waals surface area (Å²) in [4.78, 5) is 10.2. The van der Waals surface area contributed by atoms with E-state index in [9.17, 15) is 4.79 Å². The number of rotatable bonds is 2. The molecule has 1 N–H and O–H groups in total. The molecule has 0 aromatic heterocycles. The first-order valence-corrected chi connectivity index (χ1v) is 3.05. The quantitative estimate of drug-likeness (QED) is 0.794. The van der Waals surface area contributed by atoms with Crippen molar-refractivity contribution in [3.8, 4) is 0 Å². The van der Waals surface area contributed by atoms with Crippen LogP contribution in [0.25, 0.3) is 0 Å². The summed E-state index contributed by atoms with van der Waals surface area (Å²) in [5.41, 5.74) is 0.843. The molecular formula is C8H8O2Pd. The molecule has 0 saturated carbocycles. The fraction of sp³-hybridized carbons (Fsp3) is 0.125. The third-order valence-electron chi connectivity index (χ3n) is 1.20. The summed E-state index contributed by atoms with van der Waals surface area (Å²) in [6.45, 7) is 0. The molecule has 3 heteroatoms. The second-order valence-corrected chi connectivity index (χ2v) is 2.06. The van der Waals surface area contributed by atoms with Gasteiger partial charge in [-0.2, -0.15) is 0 Å². The Morgan fingerprint density at radius 3 is 2.27 bits per heavy atom. The molecule has 0 radical (unpaired) electrons. The Bertz CT molecular complexity index is 221. The van der Waals surface area contributed by atoms with E-state index in [0.29, 0.717) is 0 Å². The maximum atomic E-state index is 10.2. The molecule has 0 aliphatic heterocycles. The second kappa shape index (κ2) is 5.06. The van der Waals surface area contributed by atoms with Crippen LogP contribution in [0.2, 0.25) is 0 Å². The van der Waals surface area contributed by atoms with Crippen LogP contribution in [0.5, 0.6) is 0 Å². The Labute approximate surface area is 78.9 Å². The van der Waals surface area contributed by atoms with Gasteiger partial charge < -0.3 is 5.11 Å². The zero-order valence-corrected chi connectivity index (χ0v) is 7.32. The molecule has 1 rings (SSSR count). The van der Waals surface area contributed by atoms with Gasteiger partial charge in [-0.3, -0.25) is 4.79 Å². The van der Waals surface area contributed by atoms with Crippen molar-refractivity contribution in [1.82, 2.24) is 0 Å². The van der Waals surface area contributed by atoms with Gasteiger partial charge in [0, 0.05) is 20.4 Å². The van der Waals surface area contributed by atoms with Crippen LogP contribution < -0.4 is 0 Å². The number of hydrogen-bond acceptors (Lipinski definition) is 1. The number of aliphatic carboxylic acids is 1. The number of hydrogen-bond donors (Lipinski definition) is 1. The molecule has 0 aliphatic carbocycles. The third kappa shape index (κ3) is 3.92. The van der Waals surface area contributed by atoms with Crippen LogP contribution in [0.4, 0.5) is 0 Å². The molecule has 0 unspecified atom stereocenters. The molecule has 0 aliphatic rings. The first-order chi connectivity index (χ1) is 4.79. The molecule has 11 heavy (non-hydrogen) atoms. The van der Waals surface area contributed by atoms with Gasteiger partial charge in [-0.1, -0.05) is 30.3 Å². The first kappa shape index (κ1) is 10.4. The molecule has 62 valence electrons. The van der Waals surface area contributed by atoms with E-state index in [1.165, 1.54) is 0 Å². The maximum Gasteiger partial charge on any atom is 0.307 e. The number of carboxylic acids is 1. The van der Waals surface area contributed by atoms with E-state index in [4.69, 9.17) is 5.11 Å². The Balaban J connectivity index is 0.000001000. The van der Waals surface area contributed by atoms with Gasteiger partial charge in [0.15, 0.2) is 0 Å². The Hall–Kier alpha value is -0.648. The van der Waals surface area contributed by atoms with E-state index < -0.39 is 5.97 Å². The molecule has 0 spiro atoms. The predicted molar refractivity (Wildman–Crippen MR) is 37.8 cm³/mol. The van der Waals surface area contributed by atoms with Crippen molar-refractivity contribution in [2.45, 2.75) is 6.42 Å². The van der Waals surface area contributed by atoms with Crippen LogP contribution in [0.1, 0.15) is 5.56 Å². The van der Waals surface area contributed by atoms with Crippen molar-refractivity contribution in [2.75, 3.05) is 0 Å². The minimum absolute atomic E-state index is 0. The Kier molecular flexibility index (Phi) is 4.76. The molecule has 1 aromatic rings. The summed E-state index contributed by atoms with van der Waals surface area (Å²) in [5, 5.41) is 8.37. The molecule has 0 amide bonds. The summed E-state index contributed by atoms with van der Waals surface area (Å²) in [5.74, 6) is -0.786. The zero-order chi connectivity index (χ0) is 7.40. The first-order valence-electron chi connectivity index (χ1n) is 3.05. The standard InChI is InChI=1S/C8H8O2.Pd/c9-8(10)6-7-4-2-1-3-5-7;/h1-5H,6H2,(H,9,10);. The van der Waals surface area contributed by atoms with E-state index in [1.54, 1.807) is 12.1 Å². The van der Waals surface area contributed by atoms with E-state index in [-0.39, 0.29) is 26.8 Å².